The maximum absolute atomic E-state index is 12.7. The number of ether oxygens (including phenoxy) is 1. The van der Waals surface area contributed by atoms with Crippen molar-refractivity contribution in [2.75, 3.05) is 13.7 Å². The van der Waals surface area contributed by atoms with E-state index < -0.39 is 0 Å². The normalized spacial score (nSPS) is 10.6. The van der Waals surface area contributed by atoms with Gasteiger partial charge in [0.05, 0.1) is 7.11 Å². The van der Waals surface area contributed by atoms with E-state index in [0.717, 1.165) is 18.4 Å². The zero-order chi connectivity index (χ0) is 19.2. The highest BCUT2D eigenvalue weighted by atomic mass is 35.5. The molecule has 0 spiro atoms. The SMILES string of the molecule is CCCCNC(=O)c1nnn(-c2cc(Cl)ccc2OC)c1-c1ccncc1. The highest BCUT2D eigenvalue weighted by Gasteiger charge is 2.23. The van der Waals surface area contributed by atoms with Gasteiger partial charge in [0, 0.05) is 29.5 Å². The van der Waals surface area contributed by atoms with Gasteiger partial charge in [-0.1, -0.05) is 30.2 Å². The molecule has 8 heteroatoms. The first-order valence-electron chi connectivity index (χ1n) is 8.64. The van der Waals surface area contributed by atoms with Crippen molar-refractivity contribution in [3.8, 4) is 22.7 Å². The lowest BCUT2D eigenvalue weighted by Gasteiger charge is -2.12. The Hall–Kier alpha value is -2.93. The number of halogens is 1. The van der Waals surface area contributed by atoms with Gasteiger partial charge in [-0.25, -0.2) is 4.68 Å². The molecule has 2 aromatic heterocycles. The molecule has 0 saturated heterocycles. The van der Waals surface area contributed by atoms with Crippen LogP contribution in [-0.4, -0.2) is 39.5 Å². The standard InChI is InChI=1S/C19H20ClN5O2/c1-3-4-9-22-19(26)17-18(13-7-10-21-11-8-13)25(24-23-17)15-12-14(20)5-6-16(15)27-2/h5-8,10-12H,3-4,9H2,1-2H3,(H,22,26). The van der Waals surface area contributed by atoms with Gasteiger partial charge in [0.2, 0.25) is 0 Å². The van der Waals surface area contributed by atoms with E-state index in [2.05, 4.69) is 27.5 Å². The predicted molar refractivity (Wildman–Crippen MR) is 103 cm³/mol. The lowest BCUT2D eigenvalue weighted by Crippen LogP contribution is -2.25. The minimum absolute atomic E-state index is 0.235. The quantitative estimate of drug-likeness (QED) is 0.629. The Morgan fingerprint density at radius 1 is 1.26 bits per heavy atom. The highest BCUT2D eigenvalue weighted by molar-refractivity contribution is 6.30. The summed E-state index contributed by atoms with van der Waals surface area (Å²) in [6.45, 7) is 2.65. The number of carbonyl (C=O) groups excluding carboxylic acids is 1. The molecule has 0 aliphatic rings. The van der Waals surface area contributed by atoms with Crippen molar-refractivity contribution < 1.29 is 9.53 Å². The number of hydrogen-bond acceptors (Lipinski definition) is 5. The lowest BCUT2D eigenvalue weighted by molar-refractivity contribution is 0.0949. The average molecular weight is 386 g/mol. The molecule has 0 bridgehead atoms. The maximum Gasteiger partial charge on any atom is 0.274 e. The van der Waals surface area contributed by atoms with Crippen LogP contribution in [0.15, 0.2) is 42.7 Å². The number of rotatable bonds is 7. The average Bonchev–Trinajstić information content (AvgIpc) is 3.14. The number of carbonyl (C=O) groups is 1. The molecular formula is C19H20ClN5O2. The minimum Gasteiger partial charge on any atom is -0.494 e. The number of nitrogens with zero attached hydrogens (tertiary/aromatic N) is 4. The second-order valence-corrected chi connectivity index (χ2v) is 6.30. The third-order valence-electron chi connectivity index (χ3n) is 4.02. The first kappa shape index (κ1) is 18.8. The summed E-state index contributed by atoms with van der Waals surface area (Å²) in [5, 5.41) is 11.8. The molecular weight excluding hydrogens is 366 g/mol. The van der Waals surface area contributed by atoms with E-state index in [0.29, 0.717) is 28.7 Å². The Balaban J connectivity index is 2.13. The van der Waals surface area contributed by atoms with Crippen LogP contribution in [0.5, 0.6) is 5.75 Å². The molecule has 27 heavy (non-hydrogen) atoms. The summed E-state index contributed by atoms with van der Waals surface area (Å²) in [5.74, 6) is 0.292. The Morgan fingerprint density at radius 3 is 2.74 bits per heavy atom. The molecule has 1 amide bonds. The van der Waals surface area contributed by atoms with Crippen LogP contribution in [0.2, 0.25) is 5.02 Å². The van der Waals surface area contributed by atoms with Crippen LogP contribution in [0.4, 0.5) is 0 Å². The van der Waals surface area contributed by atoms with E-state index in [4.69, 9.17) is 16.3 Å². The van der Waals surface area contributed by atoms with Crippen molar-refractivity contribution in [3.63, 3.8) is 0 Å². The zero-order valence-corrected chi connectivity index (χ0v) is 15.9. The number of hydrogen-bond donors (Lipinski definition) is 1. The summed E-state index contributed by atoms with van der Waals surface area (Å²) in [6.07, 6.45) is 5.19. The largest absolute Gasteiger partial charge is 0.494 e. The van der Waals surface area contributed by atoms with Crippen LogP contribution in [0.3, 0.4) is 0 Å². The Morgan fingerprint density at radius 2 is 2.04 bits per heavy atom. The van der Waals surface area contributed by atoms with Gasteiger partial charge in [-0.3, -0.25) is 9.78 Å². The van der Waals surface area contributed by atoms with Crippen LogP contribution < -0.4 is 10.1 Å². The van der Waals surface area contributed by atoms with Crippen LogP contribution in [0.1, 0.15) is 30.3 Å². The molecule has 0 aliphatic heterocycles. The van der Waals surface area contributed by atoms with Crippen molar-refractivity contribution >= 4 is 17.5 Å². The molecule has 2 heterocycles. The van der Waals surface area contributed by atoms with E-state index in [9.17, 15) is 4.79 Å². The molecule has 0 aliphatic carbocycles. The first-order valence-corrected chi connectivity index (χ1v) is 9.01. The van der Waals surface area contributed by atoms with Gasteiger partial charge in [-0.2, -0.15) is 0 Å². The summed E-state index contributed by atoms with van der Waals surface area (Å²) < 4.78 is 7.00. The van der Waals surface area contributed by atoms with Crippen molar-refractivity contribution in [1.29, 1.82) is 0 Å². The number of unbranched alkanes of at least 4 members (excludes halogenated alkanes) is 1. The van der Waals surface area contributed by atoms with Crippen LogP contribution in [-0.2, 0) is 0 Å². The topological polar surface area (TPSA) is 81.9 Å². The highest BCUT2D eigenvalue weighted by Crippen LogP contribution is 2.31. The van der Waals surface area contributed by atoms with Crippen molar-refractivity contribution in [2.24, 2.45) is 0 Å². The van der Waals surface area contributed by atoms with Gasteiger partial charge >= 0.3 is 0 Å². The van der Waals surface area contributed by atoms with Crippen LogP contribution >= 0.6 is 11.6 Å². The summed E-state index contributed by atoms with van der Waals surface area (Å²) in [6, 6.07) is 8.80. The lowest BCUT2D eigenvalue weighted by atomic mass is 10.1. The number of amides is 1. The minimum atomic E-state index is -0.275. The summed E-state index contributed by atoms with van der Waals surface area (Å²) in [7, 11) is 1.56. The van der Waals surface area contributed by atoms with Gasteiger partial charge in [-0.05, 0) is 36.8 Å². The van der Waals surface area contributed by atoms with Gasteiger partial charge in [0.1, 0.15) is 17.1 Å². The fraction of sp³-hybridized carbons (Fsp3) is 0.263. The molecule has 0 unspecified atom stereocenters. The number of aromatic nitrogens is 4. The third-order valence-corrected chi connectivity index (χ3v) is 4.26. The van der Waals surface area contributed by atoms with E-state index in [1.54, 1.807) is 54.5 Å². The maximum atomic E-state index is 12.7. The monoisotopic (exact) mass is 385 g/mol. The summed E-state index contributed by atoms with van der Waals surface area (Å²) >= 11 is 6.17. The van der Waals surface area contributed by atoms with Crippen LogP contribution in [0.25, 0.3) is 16.9 Å². The fourth-order valence-electron chi connectivity index (χ4n) is 2.66. The predicted octanol–water partition coefficient (Wildman–Crippen LogP) is 3.52. The number of benzene rings is 1. The molecule has 0 radical (unpaired) electrons. The summed E-state index contributed by atoms with van der Waals surface area (Å²) in [4.78, 5) is 16.7. The van der Waals surface area contributed by atoms with E-state index >= 15 is 0 Å². The molecule has 0 fully saturated rings. The van der Waals surface area contributed by atoms with E-state index in [-0.39, 0.29) is 11.6 Å². The summed E-state index contributed by atoms with van der Waals surface area (Å²) in [5.41, 5.74) is 2.14. The molecule has 0 saturated carbocycles. The molecule has 1 aromatic carbocycles. The number of nitrogens with one attached hydrogen (secondary N) is 1. The third kappa shape index (κ3) is 4.09. The second-order valence-electron chi connectivity index (χ2n) is 5.86. The van der Waals surface area contributed by atoms with Crippen molar-refractivity contribution in [1.82, 2.24) is 25.3 Å². The van der Waals surface area contributed by atoms with Gasteiger partial charge in [0.15, 0.2) is 5.69 Å². The second kappa shape index (κ2) is 8.64. The molecule has 0 atom stereocenters. The molecule has 7 nitrogen and oxygen atoms in total. The van der Waals surface area contributed by atoms with Gasteiger partial charge in [0.25, 0.3) is 5.91 Å². The number of pyridine rings is 1. The van der Waals surface area contributed by atoms with Crippen LogP contribution in [0, 0.1) is 0 Å². The molecule has 3 rings (SSSR count). The first-order chi connectivity index (χ1) is 13.2. The van der Waals surface area contributed by atoms with Crippen molar-refractivity contribution in [2.45, 2.75) is 19.8 Å². The smallest absolute Gasteiger partial charge is 0.274 e. The Bertz CT molecular complexity index is 927. The van der Waals surface area contributed by atoms with Gasteiger partial charge < -0.3 is 10.1 Å². The zero-order valence-electron chi connectivity index (χ0n) is 15.1. The molecule has 3 aromatic rings. The Kier molecular flexibility index (Phi) is 6.03. The fourth-order valence-corrected chi connectivity index (χ4v) is 2.83. The molecule has 140 valence electrons. The van der Waals surface area contributed by atoms with E-state index in [1.165, 1.54) is 0 Å². The Labute approximate surface area is 162 Å². The van der Waals surface area contributed by atoms with E-state index in [1.807, 2.05) is 0 Å². The molecule has 1 N–H and O–H groups in total. The van der Waals surface area contributed by atoms with Gasteiger partial charge in [-0.15, -0.1) is 5.10 Å². The van der Waals surface area contributed by atoms with Crippen molar-refractivity contribution in [3.05, 3.63) is 53.4 Å². The number of methoxy groups -OCH3 is 1.